The fourth-order valence-corrected chi connectivity index (χ4v) is 4.27. The summed E-state index contributed by atoms with van der Waals surface area (Å²) in [5.74, 6) is 0. The number of hydrogen-bond acceptors (Lipinski definition) is 1. The molecule has 0 N–H and O–H groups in total. The van der Waals surface area contributed by atoms with Crippen LogP contribution in [0.5, 0.6) is 0 Å². The van der Waals surface area contributed by atoms with E-state index in [-0.39, 0.29) is 0 Å². The van der Waals surface area contributed by atoms with Crippen LogP contribution in [0.3, 0.4) is 0 Å². The molecule has 0 unspecified atom stereocenters. The zero-order valence-corrected chi connectivity index (χ0v) is 15.1. The molecule has 0 amide bonds. The van der Waals surface area contributed by atoms with Crippen molar-refractivity contribution in [2.24, 2.45) is 0 Å². The number of pyridine rings is 1. The largest absolute Gasteiger partial charge is 0.737 e. The number of aromatic nitrogens is 2. The number of rotatable bonds is 1. The number of aryl methyl sites for hydroxylation is 3. The Labute approximate surface area is 146 Å². The van der Waals surface area contributed by atoms with Gasteiger partial charge in [-0.15, -0.1) is 0 Å². The Hall–Kier alpha value is -2.50. The first-order chi connectivity index (χ1) is 11.7. The van der Waals surface area contributed by atoms with Crippen molar-refractivity contribution in [1.82, 2.24) is 9.46 Å². The van der Waals surface area contributed by atoms with Gasteiger partial charge in [-0.2, -0.15) is 0 Å². The van der Waals surface area contributed by atoms with Crippen LogP contribution in [0.2, 0.25) is 0 Å². The Morgan fingerprint density at radius 2 is 1.80 bits per heavy atom. The van der Waals surface area contributed by atoms with Crippen molar-refractivity contribution >= 4 is 18.3 Å². The van der Waals surface area contributed by atoms with E-state index in [0.29, 0.717) is 22.8 Å². The zero-order chi connectivity index (χ0) is 18.1. The van der Waals surface area contributed by atoms with E-state index in [0.717, 1.165) is 28.0 Å². The van der Waals surface area contributed by atoms with Gasteiger partial charge < -0.3 is 17.6 Å². The molecule has 0 saturated carbocycles. The highest BCUT2D eigenvalue weighted by Gasteiger charge is 2.55. The van der Waals surface area contributed by atoms with Gasteiger partial charge in [-0.25, -0.2) is 0 Å². The second-order valence-corrected chi connectivity index (χ2v) is 7.01. The summed E-state index contributed by atoms with van der Waals surface area (Å²) in [4.78, 5) is 4.55. The molecule has 128 valence electrons. The van der Waals surface area contributed by atoms with Crippen LogP contribution in [0, 0.1) is 20.8 Å². The molecule has 4 heterocycles. The van der Waals surface area contributed by atoms with E-state index < -0.39 is 6.97 Å². The lowest BCUT2D eigenvalue weighted by Gasteiger charge is -2.34. The summed E-state index contributed by atoms with van der Waals surface area (Å²) in [6, 6.07) is 5.67. The number of fused-ring (bicyclic) bond motifs is 2. The van der Waals surface area contributed by atoms with Gasteiger partial charge in [-0.3, -0.25) is 4.98 Å². The van der Waals surface area contributed by atoms with Crippen molar-refractivity contribution in [3.63, 3.8) is 0 Å². The van der Waals surface area contributed by atoms with Crippen molar-refractivity contribution in [1.29, 1.82) is 0 Å². The van der Waals surface area contributed by atoms with Crippen LogP contribution in [0.1, 0.15) is 42.1 Å². The van der Waals surface area contributed by atoms with Crippen molar-refractivity contribution < 1.29 is 13.1 Å². The van der Waals surface area contributed by atoms with Crippen LogP contribution in [0.4, 0.5) is 8.63 Å². The van der Waals surface area contributed by atoms with Gasteiger partial charge in [0.15, 0.2) is 5.70 Å². The molecule has 25 heavy (non-hydrogen) atoms. The van der Waals surface area contributed by atoms with Crippen LogP contribution in [-0.4, -0.2) is 26.6 Å². The van der Waals surface area contributed by atoms with Gasteiger partial charge in [0.25, 0.3) is 0 Å². The van der Waals surface area contributed by atoms with Crippen LogP contribution < -0.4 is 0 Å². The lowest BCUT2D eigenvalue weighted by molar-refractivity contribution is -0.363. The third-order valence-corrected chi connectivity index (χ3v) is 5.18. The van der Waals surface area contributed by atoms with E-state index in [9.17, 15) is 0 Å². The van der Waals surface area contributed by atoms with E-state index in [1.54, 1.807) is 20.0 Å². The predicted octanol–water partition coefficient (Wildman–Crippen LogP) is 4.24. The second kappa shape index (κ2) is 5.00. The fraction of sp³-hybridized carbons (Fsp3) is 0.263. The van der Waals surface area contributed by atoms with Gasteiger partial charge in [0.1, 0.15) is 5.71 Å². The van der Waals surface area contributed by atoms with Crippen molar-refractivity contribution in [2.45, 2.75) is 34.6 Å². The molecule has 0 spiro atoms. The van der Waals surface area contributed by atoms with Crippen LogP contribution in [0.15, 0.2) is 41.7 Å². The molecule has 0 aliphatic carbocycles. The monoisotopic (exact) mass is 339 g/mol. The molecule has 4 rings (SSSR count). The first kappa shape index (κ1) is 16.0. The first-order valence-corrected chi connectivity index (χ1v) is 8.44. The highest BCUT2D eigenvalue weighted by molar-refractivity contribution is 6.58. The van der Waals surface area contributed by atoms with E-state index in [1.165, 1.54) is 8.96 Å². The highest BCUT2D eigenvalue weighted by Crippen LogP contribution is 2.44. The maximum absolute atomic E-state index is 15.5. The Morgan fingerprint density at radius 1 is 1.08 bits per heavy atom. The van der Waals surface area contributed by atoms with Crippen molar-refractivity contribution in [3.8, 4) is 0 Å². The van der Waals surface area contributed by atoms with E-state index in [1.807, 2.05) is 45.0 Å². The van der Waals surface area contributed by atoms with Gasteiger partial charge in [0.05, 0.1) is 11.3 Å². The molecular formula is C19H20BF2N3. The molecule has 0 atom stereocenters. The van der Waals surface area contributed by atoms with Crippen LogP contribution in [-0.2, 0) is 0 Å². The highest BCUT2D eigenvalue weighted by atomic mass is 19.2. The number of allylic oxidation sites excluding steroid dienone is 2. The van der Waals surface area contributed by atoms with Crippen molar-refractivity contribution in [3.05, 3.63) is 70.0 Å². The quantitative estimate of drug-likeness (QED) is 0.712. The molecule has 2 aromatic rings. The van der Waals surface area contributed by atoms with Crippen LogP contribution in [0.25, 0.3) is 5.57 Å². The van der Waals surface area contributed by atoms with E-state index in [4.69, 9.17) is 0 Å². The summed E-state index contributed by atoms with van der Waals surface area (Å²) in [5.41, 5.74) is 6.54. The van der Waals surface area contributed by atoms with Gasteiger partial charge in [0, 0.05) is 30.5 Å². The topological polar surface area (TPSA) is 20.8 Å². The lowest BCUT2D eigenvalue weighted by Crippen LogP contribution is -2.51. The molecule has 6 heteroatoms. The minimum atomic E-state index is -3.93. The summed E-state index contributed by atoms with van der Waals surface area (Å²) >= 11 is 0. The minimum absolute atomic E-state index is 0.569. The Bertz CT molecular complexity index is 1030. The zero-order valence-electron chi connectivity index (χ0n) is 15.1. The molecule has 2 aliphatic rings. The summed E-state index contributed by atoms with van der Waals surface area (Å²) in [6.45, 7) is 5.31. The minimum Gasteiger partial charge on any atom is -0.393 e. The predicted molar refractivity (Wildman–Crippen MR) is 97.0 cm³/mol. The van der Waals surface area contributed by atoms with Gasteiger partial charge in [-0.1, -0.05) is 6.07 Å². The summed E-state index contributed by atoms with van der Waals surface area (Å²) < 4.78 is 33.4. The molecular weight excluding hydrogens is 319 g/mol. The summed E-state index contributed by atoms with van der Waals surface area (Å²) in [7, 11) is 0. The second-order valence-electron chi connectivity index (χ2n) is 7.01. The molecule has 2 aliphatic heterocycles. The Kier molecular flexibility index (Phi) is 3.20. The standard InChI is InChI=1S/C19H20BF2N3/c1-11-7-6-8-23-17(11)16-18-12(2)9-14(4)24(18)20(21,22)25-15(5)10-13(3)19(16)25/h6-10H,1-5H3. The lowest BCUT2D eigenvalue weighted by atomic mass is 9.84. The van der Waals surface area contributed by atoms with E-state index >= 15 is 8.63 Å². The smallest absolute Gasteiger partial charge is 0.393 e. The average Bonchev–Trinajstić information content (AvgIpc) is 2.99. The summed E-state index contributed by atoms with van der Waals surface area (Å²) in [6.07, 6.45) is 3.55. The molecule has 2 aromatic heterocycles. The van der Waals surface area contributed by atoms with Crippen molar-refractivity contribution in [2.75, 3.05) is 0 Å². The fourth-order valence-electron chi connectivity index (χ4n) is 4.27. The maximum Gasteiger partial charge on any atom is 0.737 e. The van der Waals surface area contributed by atoms with Crippen LogP contribution >= 0.6 is 0 Å². The van der Waals surface area contributed by atoms with Gasteiger partial charge in [0.2, 0.25) is 0 Å². The molecule has 0 fully saturated rings. The Morgan fingerprint density at radius 3 is 2.48 bits per heavy atom. The number of hydrogen-bond donors (Lipinski definition) is 0. The van der Waals surface area contributed by atoms with E-state index in [2.05, 4.69) is 4.98 Å². The SMILES string of the molecule is CC1=CC(C)=[N+]2C1=C(c1ncccc1C)c1c(C)cc(C)n1[B-]2(F)F. The third-order valence-electron chi connectivity index (χ3n) is 5.18. The van der Waals surface area contributed by atoms with Gasteiger partial charge >= 0.3 is 6.97 Å². The third kappa shape index (κ3) is 1.97. The average molecular weight is 339 g/mol. The first-order valence-electron chi connectivity index (χ1n) is 8.44. The molecule has 0 bridgehead atoms. The Balaban J connectivity index is 2.22. The number of halogens is 2. The molecule has 0 saturated heterocycles. The molecule has 0 aromatic carbocycles. The summed E-state index contributed by atoms with van der Waals surface area (Å²) in [5, 5.41) is 0. The normalized spacial score (nSPS) is 18.4. The molecule has 0 radical (unpaired) electrons. The maximum atomic E-state index is 15.5. The number of nitrogens with zero attached hydrogens (tertiary/aromatic N) is 3. The molecule has 3 nitrogen and oxygen atoms in total. The van der Waals surface area contributed by atoms with Gasteiger partial charge in [-0.05, 0) is 56.6 Å².